The van der Waals surface area contributed by atoms with Crippen LogP contribution in [0.25, 0.3) is 33.1 Å². The number of pyridine rings is 1. The molecule has 102 valence electrons. The van der Waals surface area contributed by atoms with Crippen molar-refractivity contribution >= 4 is 33.8 Å². The number of benzene rings is 1. The second kappa shape index (κ2) is 4.95. The summed E-state index contributed by atoms with van der Waals surface area (Å²) in [6, 6.07) is 11.7. The fourth-order valence-corrected chi connectivity index (χ4v) is 3.13. The van der Waals surface area contributed by atoms with Crippen LogP contribution in [0.2, 0.25) is 5.02 Å². The first kappa shape index (κ1) is 12.5. The van der Waals surface area contributed by atoms with Gasteiger partial charge in [-0.3, -0.25) is 4.98 Å². The summed E-state index contributed by atoms with van der Waals surface area (Å²) in [5.41, 5.74) is 1.75. The van der Waals surface area contributed by atoms with Crippen molar-refractivity contribution in [3.63, 3.8) is 0 Å². The summed E-state index contributed by atoms with van der Waals surface area (Å²) < 4.78 is 5.29. The lowest BCUT2D eigenvalue weighted by Crippen LogP contribution is -1.84. The van der Waals surface area contributed by atoms with Crippen molar-refractivity contribution in [1.29, 1.82) is 0 Å². The van der Waals surface area contributed by atoms with Gasteiger partial charge in [0.25, 0.3) is 5.89 Å². The lowest BCUT2D eigenvalue weighted by molar-refractivity contribution is 0.433. The molecule has 0 amide bonds. The molecule has 1 aromatic carbocycles. The van der Waals surface area contributed by atoms with Gasteiger partial charge in [-0.25, -0.2) is 0 Å². The fraction of sp³-hybridized carbons (Fsp3) is 0. The lowest BCUT2D eigenvalue weighted by atomic mass is 10.1. The molecule has 3 heterocycles. The molecule has 4 aromatic rings. The van der Waals surface area contributed by atoms with E-state index in [-0.39, 0.29) is 0 Å². The summed E-state index contributed by atoms with van der Waals surface area (Å²) in [4.78, 5) is 9.58. The predicted octanol–water partition coefficient (Wildman–Crippen LogP) is 4.67. The Bertz CT molecular complexity index is 931. The van der Waals surface area contributed by atoms with E-state index in [9.17, 15) is 0 Å². The maximum Gasteiger partial charge on any atom is 0.269 e. The normalized spacial score (nSPS) is 11.1. The fourth-order valence-electron chi connectivity index (χ4n) is 2.07. The van der Waals surface area contributed by atoms with Crippen molar-refractivity contribution in [2.45, 2.75) is 0 Å². The van der Waals surface area contributed by atoms with Gasteiger partial charge >= 0.3 is 0 Å². The number of thiophene rings is 1. The van der Waals surface area contributed by atoms with Crippen LogP contribution in [-0.2, 0) is 0 Å². The number of halogens is 1. The van der Waals surface area contributed by atoms with E-state index < -0.39 is 0 Å². The molecule has 21 heavy (non-hydrogen) atoms. The third-order valence-electron chi connectivity index (χ3n) is 3.09. The number of rotatable bonds is 2. The van der Waals surface area contributed by atoms with Crippen molar-refractivity contribution in [1.82, 2.24) is 15.1 Å². The summed E-state index contributed by atoms with van der Waals surface area (Å²) in [5.74, 6) is 0.936. The highest BCUT2D eigenvalue weighted by Crippen LogP contribution is 2.33. The predicted molar refractivity (Wildman–Crippen MR) is 83.4 cm³/mol. The van der Waals surface area contributed by atoms with Crippen molar-refractivity contribution in [2.24, 2.45) is 0 Å². The van der Waals surface area contributed by atoms with Crippen LogP contribution in [-0.4, -0.2) is 15.1 Å². The minimum atomic E-state index is 0.429. The summed E-state index contributed by atoms with van der Waals surface area (Å²) in [6.45, 7) is 0. The minimum Gasteiger partial charge on any atom is -0.333 e. The molecule has 4 rings (SSSR count). The van der Waals surface area contributed by atoms with Gasteiger partial charge in [0.15, 0.2) is 0 Å². The Morgan fingerprint density at radius 2 is 2.05 bits per heavy atom. The molecule has 0 saturated carbocycles. The minimum absolute atomic E-state index is 0.429. The Labute approximate surface area is 129 Å². The van der Waals surface area contributed by atoms with Crippen LogP contribution < -0.4 is 0 Å². The summed E-state index contributed by atoms with van der Waals surface area (Å²) in [6.07, 6.45) is 1.74. The zero-order chi connectivity index (χ0) is 14.2. The molecule has 0 atom stereocenters. The molecule has 0 fully saturated rings. The van der Waals surface area contributed by atoms with E-state index in [1.165, 1.54) is 11.3 Å². The monoisotopic (exact) mass is 313 g/mol. The highest BCUT2D eigenvalue weighted by atomic mass is 35.5. The van der Waals surface area contributed by atoms with E-state index >= 15 is 0 Å². The van der Waals surface area contributed by atoms with E-state index in [2.05, 4.69) is 15.1 Å². The third kappa shape index (κ3) is 2.20. The number of fused-ring (bicyclic) bond motifs is 1. The van der Waals surface area contributed by atoms with Gasteiger partial charge in [0.05, 0.1) is 10.5 Å². The summed E-state index contributed by atoms with van der Waals surface area (Å²) >= 11 is 7.55. The first-order valence-corrected chi connectivity index (χ1v) is 7.49. The van der Waals surface area contributed by atoms with Gasteiger partial charge in [-0.15, -0.1) is 11.3 Å². The molecular formula is C15H8ClN3OS. The van der Waals surface area contributed by atoms with Crippen LogP contribution in [0.5, 0.6) is 0 Å². The van der Waals surface area contributed by atoms with Gasteiger partial charge in [0.1, 0.15) is 4.88 Å². The average Bonchev–Trinajstić information content (AvgIpc) is 3.15. The largest absolute Gasteiger partial charge is 0.333 e. The van der Waals surface area contributed by atoms with Crippen molar-refractivity contribution in [3.8, 4) is 22.2 Å². The Morgan fingerprint density at radius 1 is 1.14 bits per heavy atom. The number of hydrogen-bond donors (Lipinski definition) is 0. The Hall–Kier alpha value is -2.24. The Kier molecular flexibility index (Phi) is 2.94. The molecule has 0 saturated heterocycles. The SMILES string of the molecule is Clc1ccsc1-c1nc(-c2cnc3ccccc3c2)no1. The maximum absolute atomic E-state index is 6.08. The number of hydrogen-bond acceptors (Lipinski definition) is 5. The molecule has 0 N–H and O–H groups in total. The highest BCUT2D eigenvalue weighted by Gasteiger charge is 2.15. The first-order valence-electron chi connectivity index (χ1n) is 6.23. The zero-order valence-corrected chi connectivity index (χ0v) is 12.2. The highest BCUT2D eigenvalue weighted by molar-refractivity contribution is 7.14. The molecule has 0 aliphatic rings. The van der Waals surface area contributed by atoms with Gasteiger partial charge in [0.2, 0.25) is 5.82 Å². The van der Waals surface area contributed by atoms with Gasteiger partial charge in [-0.05, 0) is 23.6 Å². The van der Waals surface area contributed by atoms with Crippen LogP contribution in [0.1, 0.15) is 0 Å². The maximum atomic E-state index is 6.08. The molecule has 0 spiro atoms. The smallest absolute Gasteiger partial charge is 0.269 e. The van der Waals surface area contributed by atoms with Gasteiger partial charge in [-0.1, -0.05) is 35.0 Å². The summed E-state index contributed by atoms with van der Waals surface area (Å²) in [7, 11) is 0. The molecule has 6 heteroatoms. The van der Waals surface area contributed by atoms with Crippen molar-refractivity contribution in [3.05, 3.63) is 53.0 Å². The molecule has 0 radical (unpaired) electrons. The zero-order valence-electron chi connectivity index (χ0n) is 10.7. The number of aromatic nitrogens is 3. The van der Waals surface area contributed by atoms with Crippen LogP contribution in [0.3, 0.4) is 0 Å². The second-order valence-corrected chi connectivity index (χ2v) is 5.76. The van der Waals surface area contributed by atoms with Crippen LogP contribution in [0, 0.1) is 0 Å². The molecule has 4 nitrogen and oxygen atoms in total. The molecular weight excluding hydrogens is 306 g/mol. The third-order valence-corrected chi connectivity index (χ3v) is 4.42. The Morgan fingerprint density at radius 3 is 2.90 bits per heavy atom. The second-order valence-electron chi connectivity index (χ2n) is 4.44. The molecule has 0 aliphatic heterocycles. The average molecular weight is 314 g/mol. The molecule has 3 aromatic heterocycles. The van der Waals surface area contributed by atoms with E-state index in [1.54, 1.807) is 6.20 Å². The van der Waals surface area contributed by atoms with E-state index in [0.29, 0.717) is 16.7 Å². The first-order chi connectivity index (χ1) is 10.3. The quantitative estimate of drug-likeness (QED) is 0.540. The lowest BCUT2D eigenvalue weighted by Gasteiger charge is -1.98. The van der Waals surface area contributed by atoms with Crippen LogP contribution in [0.4, 0.5) is 0 Å². The summed E-state index contributed by atoms with van der Waals surface area (Å²) in [5, 5.41) is 7.56. The molecule has 0 unspecified atom stereocenters. The topological polar surface area (TPSA) is 51.8 Å². The number of para-hydroxylation sites is 1. The van der Waals surface area contributed by atoms with E-state index in [4.69, 9.17) is 16.1 Å². The van der Waals surface area contributed by atoms with Crippen molar-refractivity contribution < 1.29 is 4.52 Å². The van der Waals surface area contributed by atoms with Gasteiger partial charge < -0.3 is 4.52 Å². The van der Waals surface area contributed by atoms with Crippen LogP contribution >= 0.6 is 22.9 Å². The standard InChI is InChI=1S/C15H8ClN3OS/c16-11-5-6-21-13(11)15-18-14(19-20-15)10-7-9-3-1-2-4-12(9)17-8-10/h1-8H. The van der Waals surface area contributed by atoms with E-state index in [0.717, 1.165) is 21.3 Å². The van der Waals surface area contributed by atoms with Gasteiger partial charge in [-0.2, -0.15) is 4.98 Å². The van der Waals surface area contributed by atoms with Crippen LogP contribution in [0.15, 0.2) is 52.5 Å². The van der Waals surface area contributed by atoms with Crippen molar-refractivity contribution in [2.75, 3.05) is 0 Å². The molecule has 0 aliphatic carbocycles. The molecule has 0 bridgehead atoms. The van der Waals surface area contributed by atoms with E-state index in [1.807, 2.05) is 41.8 Å². The number of nitrogens with zero attached hydrogens (tertiary/aromatic N) is 3. The van der Waals surface area contributed by atoms with Gasteiger partial charge in [0, 0.05) is 17.1 Å². The Balaban J connectivity index is 1.79.